The van der Waals surface area contributed by atoms with Crippen LogP contribution in [0, 0.1) is 11.7 Å². The van der Waals surface area contributed by atoms with Crippen molar-refractivity contribution in [1.82, 2.24) is 0 Å². The Morgan fingerprint density at radius 3 is 2.48 bits per heavy atom. The molecule has 4 nitrogen and oxygen atoms in total. The van der Waals surface area contributed by atoms with Gasteiger partial charge in [-0.1, -0.05) is 0 Å². The van der Waals surface area contributed by atoms with E-state index in [-0.39, 0.29) is 17.7 Å². The summed E-state index contributed by atoms with van der Waals surface area (Å²) in [7, 11) is 0. The fourth-order valence-corrected chi connectivity index (χ4v) is 2.58. The summed E-state index contributed by atoms with van der Waals surface area (Å²) in [6, 6.07) is 6.24. The molecule has 0 heterocycles. The number of halogens is 1. The van der Waals surface area contributed by atoms with E-state index in [1.54, 1.807) is 19.1 Å². The molecule has 1 aliphatic carbocycles. The molecule has 1 atom stereocenters. The van der Waals surface area contributed by atoms with E-state index in [0.29, 0.717) is 19.7 Å². The maximum atomic E-state index is 13.0. The molecule has 0 saturated heterocycles. The summed E-state index contributed by atoms with van der Waals surface area (Å²) in [5.41, 5.74) is 6.26. The monoisotopic (exact) mass is 294 g/mol. The number of nitrogens with zero attached hydrogens (tertiary/aromatic N) is 1. The van der Waals surface area contributed by atoms with E-state index in [4.69, 9.17) is 10.5 Å². The van der Waals surface area contributed by atoms with Crippen LogP contribution in [0.15, 0.2) is 24.3 Å². The van der Waals surface area contributed by atoms with E-state index in [0.717, 1.165) is 18.5 Å². The van der Waals surface area contributed by atoms with Gasteiger partial charge in [-0.3, -0.25) is 0 Å². The first-order valence-corrected chi connectivity index (χ1v) is 7.47. The van der Waals surface area contributed by atoms with Gasteiger partial charge in [0.15, 0.2) is 0 Å². The highest BCUT2D eigenvalue weighted by Gasteiger charge is 2.50. The minimum atomic E-state index is -0.986. The van der Waals surface area contributed by atoms with Gasteiger partial charge in [-0.05, 0) is 56.9 Å². The predicted octanol–water partition coefficient (Wildman–Crippen LogP) is 2.32. The van der Waals surface area contributed by atoms with Crippen molar-refractivity contribution in [3.05, 3.63) is 30.1 Å². The highest BCUT2D eigenvalue weighted by molar-refractivity contribution is 5.82. The average molecular weight is 294 g/mol. The molecule has 0 aromatic heterocycles. The first-order valence-electron chi connectivity index (χ1n) is 7.47. The fraction of sp³-hybridized carbons (Fsp3) is 0.562. The number of nitrogens with two attached hydrogens (primary N) is 1. The molecule has 0 bridgehead atoms. The molecule has 2 rings (SSSR count). The average Bonchev–Trinajstić information content (AvgIpc) is 3.31. The van der Waals surface area contributed by atoms with Gasteiger partial charge in [-0.25, -0.2) is 9.18 Å². The van der Waals surface area contributed by atoms with Gasteiger partial charge in [0.2, 0.25) is 0 Å². The Hall–Kier alpha value is -1.62. The second-order valence-corrected chi connectivity index (χ2v) is 5.53. The van der Waals surface area contributed by atoms with Crippen LogP contribution >= 0.6 is 0 Å². The van der Waals surface area contributed by atoms with Gasteiger partial charge in [-0.15, -0.1) is 0 Å². The minimum Gasteiger partial charge on any atom is -0.465 e. The van der Waals surface area contributed by atoms with Crippen molar-refractivity contribution in [2.75, 3.05) is 24.6 Å². The van der Waals surface area contributed by atoms with Crippen LogP contribution in [0.1, 0.15) is 26.7 Å². The largest absolute Gasteiger partial charge is 0.465 e. The molecule has 1 aromatic rings. The van der Waals surface area contributed by atoms with Gasteiger partial charge in [0, 0.05) is 18.8 Å². The molecular weight excluding hydrogens is 271 g/mol. The van der Waals surface area contributed by atoms with E-state index >= 15 is 0 Å². The Bertz CT molecular complexity index is 488. The molecule has 5 heteroatoms. The summed E-state index contributed by atoms with van der Waals surface area (Å²) in [6.07, 6.45) is 1.91. The lowest BCUT2D eigenvalue weighted by Crippen LogP contribution is -2.58. The first-order chi connectivity index (χ1) is 10.0. The summed E-state index contributed by atoms with van der Waals surface area (Å²) in [6.45, 7) is 5.17. The van der Waals surface area contributed by atoms with Gasteiger partial charge in [0.1, 0.15) is 11.4 Å². The summed E-state index contributed by atoms with van der Waals surface area (Å²) in [5, 5.41) is 0. The van der Waals surface area contributed by atoms with E-state index < -0.39 is 5.54 Å². The van der Waals surface area contributed by atoms with Crippen LogP contribution in [-0.4, -0.2) is 31.2 Å². The number of hydrogen-bond donors (Lipinski definition) is 1. The molecule has 0 radical (unpaired) electrons. The maximum absolute atomic E-state index is 13.0. The zero-order valence-electron chi connectivity index (χ0n) is 12.6. The van der Waals surface area contributed by atoms with Gasteiger partial charge in [0.05, 0.1) is 6.61 Å². The van der Waals surface area contributed by atoms with Crippen molar-refractivity contribution in [2.45, 2.75) is 32.2 Å². The summed E-state index contributed by atoms with van der Waals surface area (Å²) < 4.78 is 18.2. The molecular formula is C16H23FN2O2. The lowest BCUT2D eigenvalue weighted by atomic mass is 9.93. The third-order valence-electron chi connectivity index (χ3n) is 3.99. The Balaban J connectivity index is 2.17. The van der Waals surface area contributed by atoms with Crippen molar-refractivity contribution in [3.63, 3.8) is 0 Å². The molecule has 116 valence electrons. The Kier molecular flexibility index (Phi) is 4.83. The van der Waals surface area contributed by atoms with Crippen LogP contribution in [0.2, 0.25) is 0 Å². The van der Waals surface area contributed by atoms with Crippen molar-refractivity contribution in [1.29, 1.82) is 0 Å². The van der Waals surface area contributed by atoms with E-state index in [9.17, 15) is 9.18 Å². The zero-order chi connectivity index (χ0) is 15.5. The van der Waals surface area contributed by atoms with Crippen LogP contribution in [0.3, 0.4) is 0 Å². The van der Waals surface area contributed by atoms with Crippen LogP contribution < -0.4 is 10.6 Å². The summed E-state index contributed by atoms with van der Waals surface area (Å²) in [5.74, 6) is -0.444. The third kappa shape index (κ3) is 3.53. The number of ether oxygens (including phenoxy) is 1. The fourth-order valence-electron chi connectivity index (χ4n) is 2.58. The van der Waals surface area contributed by atoms with Crippen molar-refractivity contribution >= 4 is 11.7 Å². The topological polar surface area (TPSA) is 55.6 Å². The Morgan fingerprint density at radius 1 is 1.38 bits per heavy atom. The van der Waals surface area contributed by atoms with Gasteiger partial charge < -0.3 is 15.4 Å². The zero-order valence-corrected chi connectivity index (χ0v) is 12.6. The third-order valence-corrected chi connectivity index (χ3v) is 3.99. The van der Waals surface area contributed by atoms with E-state index in [1.807, 2.05) is 11.8 Å². The molecule has 0 aliphatic heterocycles. The van der Waals surface area contributed by atoms with Crippen molar-refractivity contribution < 1.29 is 13.9 Å². The van der Waals surface area contributed by atoms with Gasteiger partial charge in [-0.2, -0.15) is 0 Å². The number of benzene rings is 1. The van der Waals surface area contributed by atoms with E-state index in [2.05, 4.69) is 0 Å². The molecule has 1 aliphatic rings. The molecule has 1 aromatic carbocycles. The SMILES string of the molecule is CCOC(=O)C(N)(CN(CC)c1ccc(F)cc1)C1CC1. The lowest BCUT2D eigenvalue weighted by molar-refractivity contribution is -0.150. The molecule has 1 unspecified atom stereocenters. The van der Waals surface area contributed by atoms with Gasteiger partial charge >= 0.3 is 5.97 Å². The second kappa shape index (κ2) is 6.43. The first kappa shape index (κ1) is 15.8. The number of carbonyl (C=O) groups is 1. The smallest absolute Gasteiger partial charge is 0.328 e. The maximum Gasteiger partial charge on any atom is 0.328 e. The second-order valence-electron chi connectivity index (χ2n) is 5.53. The summed E-state index contributed by atoms with van der Waals surface area (Å²) in [4.78, 5) is 14.2. The van der Waals surface area contributed by atoms with Crippen LogP contribution in [-0.2, 0) is 9.53 Å². The molecule has 1 fully saturated rings. The van der Waals surface area contributed by atoms with Crippen molar-refractivity contribution in [2.24, 2.45) is 11.7 Å². The quantitative estimate of drug-likeness (QED) is 0.784. The number of anilines is 1. The number of esters is 1. The number of hydrogen-bond acceptors (Lipinski definition) is 4. The standard InChI is InChI=1S/C16H23FN2O2/c1-3-19(14-9-7-13(17)8-10-14)11-16(18,12-5-6-12)15(20)21-4-2/h7-10,12H,3-6,11,18H2,1-2H3. The molecule has 1 saturated carbocycles. The molecule has 2 N–H and O–H groups in total. The highest BCUT2D eigenvalue weighted by Crippen LogP contribution is 2.40. The molecule has 0 amide bonds. The Labute approximate surface area is 125 Å². The van der Waals surface area contributed by atoms with Gasteiger partial charge in [0.25, 0.3) is 0 Å². The molecule has 0 spiro atoms. The summed E-state index contributed by atoms with van der Waals surface area (Å²) >= 11 is 0. The van der Waals surface area contributed by atoms with Crippen molar-refractivity contribution in [3.8, 4) is 0 Å². The molecule has 21 heavy (non-hydrogen) atoms. The predicted molar refractivity (Wildman–Crippen MR) is 80.6 cm³/mol. The van der Waals surface area contributed by atoms with Crippen LogP contribution in [0.4, 0.5) is 10.1 Å². The Morgan fingerprint density at radius 2 is 2.00 bits per heavy atom. The van der Waals surface area contributed by atoms with Crippen LogP contribution in [0.25, 0.3) is 0 Å². The number of likely N-dealkylation sites (N-methyl/N-ethyl adjacent to an activating group) is 1. The lowest BCUT2D eigenvalue weighted by Gasteiger charge is -2.34. The van der Waals surface area contributed by atoms with E-state index in [1.165, 1.54) is 12.1 Å². The number of rotatable bonds is 7. The minimum absolute atomic E-state index is 0.172. The number of carbonyl (C=O) groups excluding carboxylic acids is 1. The van der Waals surface area contributed by atoms with Crippen LogP contribution in [0.5, 0.6) is 0 Å². The highest BCUT2D eigenvalue weighted by atomic mass is 19.1. The normalized spacial score (nSPS) is 17.1.